The van der Waals surface area contributed by atoms with Crippen LogP contribution < -0.4 is 0 Å². The molecule has 2 heterocycles. The van der Waals surface area contributed by atoms with Crippen LogP contribution in [-0.2, 0) is 0 Å². The summed E-state index contributed by atoms with van der Waals surface area (Å²) in [4.78, 5) is 8.09. The molecule has 2 aromatic heterocycles. The van der Waals surface area contributed by atoms with Gasteiger partial charge in [-0.2, -0.15) is 0 Å². The van der Waals surface area contributed by atoms with Gasteiger partial charge in [-0.3, -0.25) is 0 Å². The van der Waals surface area contributed by atoms with Crippen LogP contribution >= 0.6 is 22.6 Å². The summed E-state index contributed by atoms with van der Waals surface area (Å²) in [6.45, 7) is 0. The van der Waals surface area contributed by atoms with Crippen molar-refractivity contribution in [1.82, 2.24) is 30.4 Å². The van der Waals surface area contributed by atoms with Crippen molar-refractivity contribution in [2.45, 2.75) is 0 Å². The van der Waals surface area contributed by atoms with Crippen molar-refractivity contribution in [1.29, 1.82) is 0 Å². The minimum Gasteiger partial charge on any atom is -0.234 e. The second-order valence-electron chi connectivity index (χ2n) is 3.63. The van der Waals surface area contributed by atoms with Crippen LogP contribution in [0.25, 0.3) is 23.0 Å². The van der Waals surface area contributed by atoms with Crippen LogP contribution in [0.4, 0.5) is 0 Å². The molecule has 92 valence electrons. The third kappa shape index (κ3) is 2.70. The van der Waals surface area contributed by atoms with Crippen LogP contribution in [0.1, 0.15) is 0 Å². The standard InChI is InChI=1S/C12H7IN6/c13-9-4-2-8(3-5-9)10-16-18-12(19-17-10)11-14-6-1-7-15-11/h1-7H. The van der Waals surface area contributed by atoms with E-state index in [9.17, 15) is 0 Å². The molecule has 0 spiro atoms. The number of aromatic nitrogens is 6. The fourth-order valence-electron chi connectivity index (χ4n) is 1.45. The van der Waals surface area contributed by atoms with Gasteiger partial charge in [0.1, 0.15) is 0 Å². The third-order valence-corrected chi connectivity index (χ3v) is 3.07. The second kappa shape index (κ2) is 5.31. The monoisotopic (exact) mass is 362 g/mol. The normalized spacial score (nSPS) is 10.4. The summed E-state index contributed by atoms with van der Waals surface area (Å²) >= 11 is 2.24. The van der Waals surface area contributed by atoms with Crippen molar-refractivity contribution >= 4 is 22.6 Å². The summed E-state index contributed by atoms with van der Waals surface area (Å²) in [5, 5.41) is 16.1. The summed E-state index contributed by atoms with van der Waals surface area (Å²) in [5.41, 5.74) is 0.876. The van der Waals surface area contributed by atoms with Crippen molar-refractivity contribution in [3.8, 4) is 23.0 Å². The predicted octanol–water partition coefficient (Wildman–Crippen LogP) is 2.00. The average molecular weight is 362 g/mol. The molecule has 7 heteroatoms. The van der Waals surface area contributed by atoms with E-state index in [2.05, 4.69) is 53.0 Å². The molecule has 19 heavy (non-hydrogen) atoms. The molecule has 0 N–H and O–H groups in total. The zero-order valence-electron chi connectivity index (χ0n) is 9.60. The Morgan fingerprint density at radius 3 is 1.89 bits per heavy atom. The molecule has 3 rings (SSSR count). The Labute approximate surface area is 122 Å². The number of hydrogen-bond donors (Lipinski definition) is 0. The van der Waals surface area contributed by atoms with Crippen LogP contribution in [0.5, 0.6) is 0 Å². The SMILES string of the molecule is Ic1ccc(-c2nnc(-c3ncccn3)nn2)cc1. The molecular weight excluding hydrogens is 355 g/mol. The first-order valence-corrected chi connectivity index (χ1v) is 6.51. The second-order valence-corrected chi connectivity index (χ2v) is 4.87. The quantitative estimate of drug-likeness (QED) is 0.649. The van der Waals surface area contributed by atoms with E-state index >= 15 is 0 Å². The van der Waals surface area contributed by atoms with E-state index in [-0.39, 0.29) is 0 Å². The molecule has 6 nitrogen and oxygen atoms in total. The van der Waals surface area contributed by atoms with E-state index in [0.717, 1.165) is 9.13 Å². The Bertz CT molecular complexity index is 669. The van der Waals surface area contributed by atoms with Crippen LogP contribution in [0.2, 0.25) is 0 Å². The molecule has 0 aliphatic carbocycles. The zero-order chi connectivity index (χ0) is 13.1. The molecular formula is C12H7IN6. The lowest BCUT2D eigenvalue weighted by Crippen LogP contribution is -2.01. The minimum atomic E-state index is 0.315. The lowest BCUT2D eigenvalue weighted by Gasteiger charge is -1.99. The summed E-state index contributed by atoms with van der Waals surface area (Å²) in [6, 6.07) is 9.55. The Kier molecular flexibility index (Phi) is 3.36. The molecule has 0 aliphatic heterocycles. The number of halogens is 1. The first kappa shape index (κ1) is 12.0. The highest BCUT2D eigenvalue weighted by molar-refractivity contribution is 14.1. The minimum absolute atomic E-state index is 0.315. The van der Waals surface area contributed by atoms with E-state index in [1.54, 1.807) is 18.5 Å². The van der Waals surface area contributed by atoms with Crippen LogP contribution in [-0.4, -0.2) is 30.4 Å². The molecule has 1 aromatic carbocycles. The lowest BCUT2D eigenvalue weighted by atomic mass is 10.2. The molecule has 0 aliphatic rings. The molecule has 0 radical (unpaired) electrons. The first-order chi connectivity index (χ1) is 9.33. The summed E-state index contributed by atoms with van der Waals surface area (Å²) in [6.07, 6.45) is 3.25. The van der Waals surface area contributed by atoms with Gasteiger partial charge >= 0.3 is 0 Å². The average Bonchev–Trinajstić information content (AvgIpc) is 2.49. The molecule has 0 fully saturated rings. The maximum absolute atomic E-state index is 4.05. The van der Waals surface area contributed by atoms with E-state index in [1.165, 1.54) is 0 Å². The van der Waals surface area contributed by atoms with Gasteiger partial charge < -0.3 is 0 Å². The summed E-state index contributed by atoms with van der Waals surface area (Å²) in [7, 11) is 0. The highest BCUT2D eigenvalue weighted by Gasteiger charge is 2.07. The fourth-order valence-corrected chi connectivity index (χ4v) is 1.81. The van der Waals surface area contributed by atoms with Crippen molar-refractivity contribution in [2.24, 2.45) is 0 Å². The van der Waals surface area contributed by atoms with Crippen molar-refractivity contribution in [2.75, 3.05) is 0 Å². The molecule has 0 amide bonds. The van der Waals surface area contributed by atoms with Gasteiger partial charge in [0.2, 0.25) is 17.5 Å². The smallest absolute Gasteiger partial charge is 0.234 e. The summed E-state index contributed by atoms with van der Waals surface area (Å²) < 4.78 is 1.15. The molecule has 0 saturated carbocycles. The fraction of sp³-hybridized carbons (Fsp3) is 0. The number of benzene rings is 1. The Morgan fingerprint density at radius 1 is 0.684 bits per heavy atom. The van der Waals surface area contributed by atoms with Gasteiger partial charge in [0.05, 0.1) is 0 Å². The van der Waals surface area contributed by atoms with Crippen molar-refractivity contribution < 1.29 is 0 Å². The number of hydrogen-bond acceptors (Lipinski definition) is 6. The number of rotatable bonds is 2. The maximum Gasteiger partial charge on any atom is 0.240 e. The first-order valence-electron chi connectivity index (χ1n) is 5.44. The molecule has 0 atom stereocenters. The van der Waals surface area contributed by atoms with Gasteiger partial charge in [-0.25, -0.2) is 9.97 Å². The van der Waals surface area contributed by atoms with E-state index in [0.29, 0.717) is 17.5 Å². The Morgan fingerprint density at radius 2 is 1.26 bits per heavy atom. The molecule has 3 aromatic rings. The Hall–Kier alpha value is -2.03. The van der Waals surface area contributed by atoms with Crippen LogP contribution in [0.3, 0.4) is 0 Å². The van der Waals surface area contributed by atoms with E-state index in [1.807, 2.05) is 24.3 Å². The van der Waals surface area contributed by atoms with Gasteiger partial charge in [0, 0.05) is 21.5 Å². The number of nitrogens with zero attached hydrogens (tertiary/aromatic N) is 6. The topological polar surface area (TPSA) is 77.3 Å². The van der Waals surface area contributed by atoms with Crippen molar-refractivity contribution in [3.63, 3.8) is 0 Å². The van der Waals surface area contributed by atoms with Crippen molar-refractivity contribution in [3.05, 3.63) is 46.3 Å². The largest absolute Gasteiger partial charge is 0.240 e. The van der Waals surface area contributed by atoms with Crippen LogP contribution in [0, 0.1) is 3.57 Å². The van der Waals surface area contributed by atoms with Gasteiger partial charge in [-0.1, -0.05) is 12.1 Å². The highest BCUT2D eigenvalue weighted by Crippen LogP contribution is 2.15. The Balaban J connectivity index is 1.93. The van der Waals surface area contributed by atoms with Gasteiger partial charge in [0.25, 0.3) is 0 Å². The summed E-state index contributed by atoms with van der Waals surface area (Å²) in [5.74, 6) is 1.21. The van der Waals surface area contributed by atoms with E-state index < -0.39 is 0 Å². The molecule has 0 saturated heterocycles. The molecule has 0 unspecified atom stereocenters. The third-order valence-electron chi connectivity index (χ3n) is 2.35. The van der Waals surface area contributed by atoms with Crippen LogP contribution in [0.15, 0.2) is 42.7 Å². The van der Waals surface area contributed by atoms with Gasteiger partial charge in [-0.15, -0.1) is 20.4 Å². The maximum atomic E-state index is 4.05. The van der Waals surface area contributed by atoms with Gasteiger partial charge in [0.15, 0.2) is 0 Å². The highest BCUT2D eigenvalue weighted by atomic mass is 127. The van der Waals surface area contributed by atoms with Gasteiger partial charge in [-0.05, 0) is 40.8 Å². The van der Waals surface area contributed by atoms with E-state index in [4.69, 9.17) is 0 Å². The lowest BCUT2D eigenvalue weighted by molar-refractivity contribution is 0.862. The zero-order valence-corrected chi connectivity index (χ0v) is 11.8. The predicted molar refractivity (Wildman–Crippen MR) is 76.8 cm³/mol. The molecule has 0 bridgehead atoms.